The van der Waals surface area contributed by atoms with Crippen LogP contribution in [0.4, 0.5) is 5.82 Å². The van der Waals surface area contributed by atoms with Gasteiger partial charge in [-0.2, -0.15) is 8.62 Å². The molecule has 1 aromatic carbocycles. The summed E-state index contributed by atoms with van der Waals surface area (Å²) < 4.78 is 53.9. The van der Waals surface area contributed by atoms with Crippen molar-refractivity contribution in [2.24, 2.45) is 5.73 Å². The van der Waals surface area contributed by atoms with Crippen molar-refractivity contribution in [1.82, 2.24) is 9.88 Å². The van der Waals surface area contributed by atoms with Gasteiger partial charge in [0.05, 0.1) is 30.4 Å². The number of aliphatic hydroxyl groups excluding tert-OH is 2. The van der Waals surface area contributed by atoms with E-state index in [0.717, 1.165) is 10.6 Å². The molecule has 9 N–H and O–H groups in total. The molecule has 3 rings (SSSR count). The quantitative estimate of drug-likeness (QED) is 0.0410. The molecule has 0 radical (unpaired) electrons. The summed E-state index contributed by atoms with van der Waals surface area (Å²) in [5.41, 5.74) is 6.73. The number of benzene rings is 1. The number of ether oxygens (including phenoxy) is 1. The third-order valence-electron chi connectivity index (χ3n) is 6.09. The van der Waals surface area contributed by atoms with Crippen LogP contribution in [-0.2, 0) is 42.8 Å². The Bertz CT molecular complexity index is 1590. The number of hydrogen-bond acceptors (Lipinski definition) is 13. The Labute approximate surface area is 260 Å². The second-order valence-corrected chi connectivity index (χ2v) is 14.1. The number of rotatable bonds is 15. The summed E-state index contributed by atoms with van der Waals surface area (Å²) in [5, 5.41) is 33.1. The predicted molar refractivity (Wildman–Crippen MR) is 154 cm³/mol. The lowest BCUT2D eigenvalue weighted by molar-refractivity contribution is -0.393. The van der Waals surface area contributed by atoms with Gasteiger partial charge in [-0.1, -0.05) is 42.2 Å². The van der Waals surface area contributed by atoms with Crippen LogP contribution in [0.15, 0.2) is 42.6 Å². The molecule has 0 saturated carbocycles. The van der Waals surface area contributed by atoms with Gasteiger partial charge in [-0.3, -0.25) is 9.32 Å². The number of amides is 1. The minimum atomic E-state index is -5.86. The van der Waals surface area contributed by atoms with Crippen LogP contribution in [0.1, 0.15) is 36.6 Å². The molecule has 0 spiro atoms. The number of phosphoric ester groups is 1. The molecule has 3 unspecified atom stereocenters. The zero-order valence-corrected chi connectivity index (χ0v) is 26.2. The highest BCUT2D eigenvalue weighted by Crippen LogP contribution is 2.66. The number of hydrogen-bond donors (Lipinski definition) is 8. The Morgan fingerprint density at radius 1 is 1.17 bits per heavy atom. The molecule has 7 atom stereocenters. The van der Waals surface area contributed by atoms with E-state index in [0.29, 0.717) is 5.56 Å². The Morgan fingerprint density at radius 2 is 1.85 bits per heavy atom. The topological polar surface area (TPSA) is 313 Å². The Morgan fingerprint density at radius 3 is 2.43 bits per heavy atom. The minimum Gasteiger partial charge on any atom is -0.394 e. The van der Waals surface area contributed by atoms with E-state index in [9.17, 15) is 48.6 Å². The molecule has 0 bridgehead atoms. The molecule has 1 fully saturated rings. The summed E-state index contributed by atoms with van der Waals surface area (Å²) in [5.74, 6) is 3.92. The van der Waals surface area contributed by atoms with Crippen LogP contribution >= 0.6 is 23.5 Å². The van der Waals surface area contributed by atoms with Crippen molar-refractivity contribution in [2.45, 2.75) is 56.4 Å². The van der Waals surface area contributed by atoms with E-state index >= 15 is 0 Å². The van der Waals surface area contributed by atoms with Gasteiger partial charge in [-0.15, -0.1) is 0 Å². The van der Waals surface area contributed by atoms with Crippen molar-refractivity contribution in [1.29, 1.82) is 0 Å². The van der Waals surface area contributed by atoms with Crippen molar-refractivity contribution in [3.63, 3.8) is 0 Å². The molecule has 2 aromatic rings. The lowest BCUT2D eigenvalue weighted by Gasteiger charge is -2.23. The number of aliphatic hydroxyl groups is 2. The van der Waals surface area contributed by atoms with Gasteiger partial charge in [0.2, 0.25) is 12.1 Å². The zero-order valence-electron chi connectivity index (χ0n) is 23.5. The van der Waals surface area contributed by atoms with Crippen molar-refractivity contribution in [2.75, 3.05) is 6.61 Å². The molecule has 1 aliphatic heterocycles. The van der Waals surface area contributed by atoms with E-state index in [-0.39, 0.29) is 24.8 Å². The molecule has 20 nitrogen and oxygen atoms in total. The van der Waals surface area contributed by atoms with E-state index in [4.69, 9.17) is 24.8 Å². The molecule has 1 amide bonds. The van der Waals surface area contributed by atoms with Crippen molar-refractivity contribution in [3.05, 3.63) is 63.8 Å². The maximum absolute atomic E-state index is 12.8. The summed E-state index contributed by atoms with van der Waals surface area (Å²) in [6.07, 6.45) is -4.12. The molecule has 23 heteroatoms. The van der Waals surface area contributed by atoms with Crippen LogP contribution in [0.2, 0.25) is 0 Å². The maximum atomic E-state index is 12.8. The van der Waals surface area contributed by atoms with E-state index < -0.39 is 83.8 Å². The fourth-order valence-electron chi connectivity index (χ4n) is 4.17. The van der Waals surface area contributed by atoms with Crippen molar-refractivity contribution >= 4 is 35.2 Å². The molecule has 46 heavy (non-hydrogen) atoms. The first-order chi connectivity index (χ1) is 21.4. The first-order valence-corrected chi connectivity index (χ1v) is 17.6. The van der Waals surface area contributed by atoms with Gasteiger partial charge < -0.3 is 55.7 Å². The van der Waals surface area contributed by atoms with Crippen LogP contribution in [0.5, 0.6) is 0 Å². The number of aromatic nitrogens is 1. The van der Waals surface area contributed by atoms with Gasteiger partial charge in [0.1, 0.15) is 18.5 Å². The lowest BCUT2D eigenvalue weighted by atomic mass is 10.1. The monoisotopic (exact) mass is 712 g/mol. The van der Waals surface area contributed by atoms with Crippen LogP contribution in [0.3, 0.4) is 0 Å². The average Bonchev–Trinajstić information content (AvgIpc) is 3.52. The number of nitro groups is 1. The Kier molecular flexibility index (Phi) is 13.0. The summed E-state index contributed by atoms with van der Waals surface area (Å²) in [7, 11) is -17.2. The highest BCUT2D eigenvalue weighted by atomic mass is 31.3. The molecular formula is C23H31N4O16P3. The Balaban J connectivity index is 1.75. The van der Waals surface area contributed by atoms with Crippen LogP contribution in [-0.4, -0.2) is 76.3 Å². The standard InChI is InChI=1S/C23H31N4O16P3/c24-17(10-15-6-2-1-3-7-15)23(30)25-20(41-45(36,37)43-46(38,39)42-44(33,34)35)9-5-4-8-16-11-21(27(31)32)26(13-16)22-12-18(29)19(14-28)40-22/h1-3,6-7,11,13,17-20,22,28-29H,5,9-10,12,14,24H2,(H,25,30)(H,36,37)(H,38,39)(H2,33,34,35)/t17-,18-,19+,20?,22+/m0/s1. The third kappa shape index (κ3) is 11.8. The van der Waals surface area contributed by atoms with Crippen molar-refractivity contribution in [3.8, 4) is 11.8 Å². The molecule has 1 saturated heterocycles. The molecule has 2 heterocycles. The van der Waals surface area contributed by atoms with Crippen molar-refractivity contribution < 1.29 is 71.1 Å². The summed E-state index contributed by atoms with van der Waals surface area (Å²) >= 11 is 0. The second-order valence-electron chi connectivity index (χ2n) is 9.70. The van der Waals surface area contributed by atoms with Gasteiger partial charge in [-0.25, -0.2) is 18.3 Å². The largest absolute Gasteiger partial charge is 0.490 e. The van der Waals surface area contributed by atoms with Crippen LogP contribution in [0.25, 0.3) is 0 Å². The van der Waals surface area contributed by atoms with E-state index in [1.807, 2.05) is 0 Å². The van der Waals surface area contributed by atoms with Crippen LogP contribution in [0, 0.1) is 22.0 Å². The van der Waals surface area contributed by atoms with Crippen LogP contribution < -0.4 is 11.1 Å². The maximum Gasteiger partial charge on any atom is 0.490 e. The predicted octanol–water partition coefficient (Wildman–Crippen LogP) is 0.524. The summed E-state index contributed by atoms with van der Waals surface area (Å²) in [4.78, 5) is 60.5. The molecular weight excluding hydrogens is 681 g/mol. The summed E-state index contributed by atoms with van der Waals surface area (Å²) in [6.45, 7) is -0.505. The minimum absolute atomic E-state index is 0.0327. The first-order valence-electron chi connectivity index (χ1n) is 13.1. The fraction of sp³-hybridized carbons (Fsp3) is 0.435. The second kappa shape index (κ2) is 15.8. The number of phosphoric acid groups is 3. The fourth-order valence-corrected chi connectivity index (χ4v) is 7.31. The average molecular weight is 712 g/mol. The number of carbonyl (C=O) groups is 1. The molecule has 1 aliphatic rings. The first kappa shape index (κ1) is 37.6. The SMILES string of the molecule is N[C@@H](Cc1ccccc1)C(=O)NC(CCC#Cc1cc([N+](=O)[O-])n([C@H]2C[C@H](O)[C@@H](CO)O2)c1)OP(=O)(O)OP(=O)(O)OP(=O)(O)O. The van der Waals surface area contributed by atoms with E-state index in [1.165, 1.54) is 6.20 Å². The number of nitrogens with one attached hydrogen (secondary N) is 1. The number of carbonyl (C=O) groups excluding carboxylic acids is 1. The van der Waals surface area contributed by atoms with Gasteiger partial charge in [0.25, 0.3) is 0 Å². The van der Waals surface area contributed by atoms with E-state index in [1.54, 1.807) is 30.3 Å². The van der Waals surface area contributed by atoms with E-state index in [2.05, 4.69) is 25.8 Å². The summed E-state index contributed by atoms with van der Waals surface area (Å²) in [6, 6.07) is 8.43. The smallest absolute Gasteiger partial charge is 0.394 e. The molecule has 1 aromatic heterocycles. The normalized spacial score (nSPS) is 22.1. The van der Waals surface area contributed by atoms with Gasteiger partial charge in [0, 0.05) is 19.3 Å². The highest BCUT2D eigenvalue weighted by molar-refractivity contribution is 7.66. The number of nitrogens with two attached hydrogens (primary N) is 1. The highest BCUT2D eigenvalue weighted by Gasteiger charge is 2.42. The zero-order chi connectivity index (χ0) is 34.3. The Hall–Kier alpha value is -2.82. The number of nitrogens with zero attached hydrogens (tertiary/aromatic N) is 2. The van der Waals surface area contributed by atoms with Gasteiger partial charge >= 0.3 is 29.3 Å². The molecule has 254 valence electrons. The third-order valence-corrected chi connectivity index (χ3v) is 9.94. The van der Waals surface area contributed by atoms with Gasteiger partial charge in [-0.05, 0) is 16.9 Å². The lowest BCUT2D eigenvalue weighted by Crippen LogP contribution is -2.47. The van der Waals surface area contributed by atoms with Gasteiger partial charge in [0.15, 0.2) is 0 Å². The molecule has 0 aliphatic carbocycles.